The van der Waals surface area contributed by atoms with E-state index >= 15 is 0 Å². The van der Waals surface area contributed by atoms with Gasteiger partial charge >= 0.3 is 0 Å². The molecule has 1 amide bonds. The molecule has 3 aliphatic carbocycles. The van der Waals surface area contributed by atoms with Gasteiger partial charge in [-0.05, 0) is 104 Å². The standard InChI is InChI=1S/C34H41ClN2O6S/c1-41-14-15-42-30-6-2-4-23-18-32(23)44(39,40)36-33(38)24-8-12-31-29(17-24)37(19-25-7-10-27(25)30)20-34(21-43-31)13-3-5-22-16-26(35)9-11-28(22)34/h2,6,8-9,11-12,16-17,23,25,27,30,32H,3-5,7,10,13-15,18-21H2,1H3,(H,36,38)/b6-2-/t23-,25+,27-,30+,32-,34+/m1/s1. The average molecular weight is 641 g/mol. The van der Waals surface area contributed by atoms with Crippen molar-refractivity contribution in [2.75, 3.05) is 44.9 Å². The summed E-state index contributed by atoms with van der Waals surface area (Å²) in [6.45, 7) is 3.07. The van der Waals surface area contributed by atoms with Crippen LogP contribution in [0.4, 0.5) is 5.69 Å². The van der Waals surface area contributed by atoms with Gasteiger partial charge in [0.25, 0.3) is 5.91 Å². The zero-order valence-corrected chi connectivity index (χ0v) is 26.7. The van der Waals surface area contributed by atoms with E-state index in [1.807, 2.05) is 18.2 Å². The Morgan fingerprint density at radius 2 is 2.02 bits per heavy atom. The Kier molecular flexibility index (Phi) is 8.18. The number of allylic oxidation sites excluding steroid dienone is 1. The third kappa shape index (κ3) is 5.77. The summed E-state index contributed by atoms with van der Waals surface area (Å²) in [5, 5.41) is 0.186. The van der Waals surface area contributed by atoms with Gasteiger partial charge in [0.05, 0.1) is 36.9 Å². The van der Waals surface area contributed by atoms with Crippen LogP contribution in [-0.4, -0.2) is 65.7 Å². The Bertz CT molecular complexity index is 1560. The maximum Gasteiger partial charge on any atom is 0.264 e. The molecular weight excluding hydrogens is 600 g/mol. The first-order valence-electron chi connectivity index (χ1n) is 15.9. The van der Waals surface area contributed by atoms with Crippen molar-refractivity contribution in [1.29, 1.82) is 0 Å². The number of sulfonamides is 1. The summed E-state index contributed by atoms with van der Waals surface area (Å²) >= 11 is 6.42. The number of carbonyl (C=O) groups excluding carboxylic acids is 1. The number of aryl methyl sites for hydroxylation is 1. The van der Waals surface area contributed by atoms with Gasteiger partial charge in [0.1, 0.15) is 5.75 Å². The molecule has 2 fully saturated rings. The molecule has 0 radical (unpaired) electrons. The second-order valence-electron chi connectivity index (χ2n) is 13.3. The number of carbonyl (C=O) groups is 1. The maximum atomic E-state index is 13.3. The SMILES string of the molecule is COCCO[C@H]1/C=C\C[C@@H]2C[C@H]2S(=O)(=O)NC(=O)c2ccc3c(c2)N(C[C@@H]2CC[C@H]21)C[C@@]1(CCCc2cc(Cl)ccc21)CO3. The zero-order chi connectivity index (χ0) is 30.5. The van der Waals surface area contributed by atoms with Crippen LogP contribution in [0.5, 0.6) is 5.75 Å². The van der Waals surface area contributed by atoms with E-state index in [1.165, 1.54) is 11.1 Å². The molecule has 5 aliphatic rings. The quantitative estimate of drug-likeness (QED) is 0.359. The van der Waals surface area contributed by atoms with Crippen LogP contribution in [0.3, 0.4) is 0 Å². The number of amides is 1. The number of methoxy groups -OCH3 is 1. The highest BCUT2D eigenvalue weighted by atomic mass is 35.5. The Morgan fingerprint density at radius 1 is 1.14 bits per heavy atom. The van der Waals surface area contributed by atoms with E-state index < -0.39 is 21.2 Å². The second-order valence-corrected chi connectivity index (χ2v) is 15.6. The molecule has 2 saturated carbocycles. The molecular formula is C34H41ClN2O6S. The van der Waals surface area contributed by atoms with Crippen molar-refractivity contribution >= 4 is 33.2 Å². The topological polar surface area (TPSA) is 94.2 Å². The minimum absolute atomic E-state index is 0.00153. The third-order valence-electron chi connectivity index (χ3n) is 10.5. The molecule has 44 heavy (non-hydrogen) atoms. The smallest absolute Gasteiger partial charge is 0.264 e. The van der Waals surface area contributed by atoms with E-state index in [1.54, 1.807) is 13.2 Å². The molecule has 0 saturated heterocycles. The van der Waals surface area contributed by atoms with Gasteiger partial charge in [-0.2, -0.15) is 0 Å². The number of nitrogens with zero attached hydrogens (tertiary/aromatic N) is 1. The summed E-state index contributed by atoms with van der Waals surface area (Å²) in [5.74, 6) is 0.854. The Balaban J connectivity index is 1.28. The summed E-state index contributed by atoms with van der Waals surface area (Å²) < 4.78 is 46.9. The molecule has 6 atom stereocenters. The lowest BCUT2D eigenvalue weighted by Gasteiger charge is -2.46. The van der Waals surface area contributed by atoms with Gasteiger partial charge < -0.3 is 19.1 Å². The Hall–Kier alpha value is -2.59. The molecule has 2 aliphatic heterocycles. The van der Waals surface area contributed by atoms with Gasteiger partial charge in [-0.25, -0.2) is 13.1 Å². The average Bonchev–Trinajstić information content (AvgIpc) is 3.79. The van der Waals surface area contributed by atoms with Crippen molar-refractivity contribution in [2.45, 2.75) is 61.7 Å². The molecule has 1 N–H and O–H groups in total. The summed E-state index contributed by atoms with van der Waals surface area (Å²) in [6, 6.07) is 11.6. The van der Waals surface area contributed by atoms with Crippen LogP contribution < -0.4 is 14.4 Å². The van der Waals surface area contributed by atoms with Gasteiger partial charge in [-0.3, -0.25) is 4.79 Å². The number of hydrogen-bond acceptors (Lipinski definition) is 7. The lowest BCUT2D eigenvalue weighted by molar-refractivity contribution is -0.0309. The van der Waals surface area contributed by atoms with E-state index in [4.69, 9.17) is 25.8 Å². The largest absolute Gasteiger partial charge is 0.490 e. The summed E-state index contributed by atoms with van der Waals surface area (Å²) in [7, 11) is -2.11. The second kappa shape index (κ2) is 12.0. The molecule has 0 aromatic heterocycles. The van der Waals surface area contributed by atoms with Gasteiger partial charge in [-0.1, -0.05) is 29.8 Å². The van der Waals surface area contributed by atoms with Crippen LogP contribution in [0.15, 0.2) is 48.6 Å². The maximum absolute atomic E-state index is 13.3. The van der Waals surface area contributed by atoms with Crippen LogP contribution in [0.2, 0.25) is 5.02 Å². The van der Waals surface area contributed by atoms with Crippen molar-refractivity contribution in [2.24, 2.45) is 17.8 Å². The number of fused-ring (bicyclic) bond motifs is 5. The molecule has 8 nitrogen and oxygen atoms in total. The lowest BCUT2D eigenvalue weighted by atomic mass is 9.68. The van der Waals surface area contributed by atoms with Crippen LogP contribution in [0, 0.1) is 17.8 Å². The normalized spacial score (nSPS) is 33.0. The summed E-state index contributed by atoms with van der Waals surface area (Å²) in [6.07, 6.45) is 10.5. The molecule has 10 heteroatoms. The first-order valence-corrected chi connectivity index (χ1v) is 17.8. The fourth-order valence-electron chi connectivity index (χ4n) is 7.88. The van der Waals surface area contributed by atoms with Gasteiger partial charge in [0.2, 0.25) is 10.0 Å². The van der Waals surface area contributed by atoms with E-state index in [-0.39, 0.29) is 17.4 Å². The molecule has 1 spiro atoms. The molecule has 2 aromatic carbocycles. The number of halogens is 1. The predicted molar refractivity (Wildman–Crippen MR) is 170 cm³/mol. The molecule has 2 aromatic rings. The van der Waals surface area contributed by atoms with Gasteiger partial charge in [-0.15, -0.1) is 0 Å². The van der Waals surface area contributed by atoms with Crippen molar-refractivity contribution in [3.05, 3.63) is 70.3 Å². The molecule has 236 valence electrons. The van der Waals surface area contributed by atoms with E-state index in [2.05, 4.69) is 33.9 Å². The number of benzene rings is 2. The van der Waals surface area contributed by atoms with Crippen LogP contribution >= 0.6 is 11.6 Å². The fraction of sp³-hybridized carbons (Fsp3) is 0.559. The molecule has 2 bridgehead atoms. The first kappa shape index (κ1) is 30.1. The Labute approximate surface area is 265 Å². The van der Waals surface area contributed by atoms with Crippen molar-refractivity contribution in [1.82, 2.24) is 4.72 Å². The molecule has 0 unspecified atom stereocenters. The van der Waals surface area contributed by atoms with E-state index in [0.29, 0.717) is 50.1 Å². The minimum atomic E-state index is -3.79. The number of rotatable bonds is 4. The monoisotopic (exact) mass is 640 g/mol. The lowest BCUT2D eigenvalue weighted by Crippen LogP contribution is -2.49. The number of hydrogen-bond donors (Lipinski definition) is 1. The van der Waals surface area contributed by atoms with Crippen LogP contribution in [0.25, 0.3) is 0 Å². The minimum Gasteiger partial charge on any atom is -0.490 e. The number of ether oxygens (including phenoxy) is 3. The van der Waals surface area contributed by atoms with Crippen molar-refractivity contribution < 1.29 is 27.4 Å². The van der Waals surface area contributed by atoms with Crippen molar-refractivity contribution in [3.8, 4) is 5.75 Å². The summed E-state index contributed by atoms with van der Waals surface area (Å²) in [5.41, 5.74) is 3.48. The summed E-state index contributed by atoms with van der Waals surface area (Å²) in [4.78, 5) is 15.7. The van der Waals surface area contributed by atoms with Crippen LogP contribution in [-0.2, 0) is 31.3 Å². The molecule has 7 rings (SSSR count). The fourth-order valence-corrected chi connectivity index (χ4v) is 9.72. The van der Waals surface area contributed by atoms with Crippen molar-refractivity contribution in [3.63, 3.8) is 0 Å². The highest BCUT2D eigenvalue weighted by molar-refractivity contribution is 7.91. The predicted octanol–water partition coefficient (Wildman–Crippen LogP) is 5.28. The first-order chi connectivity index (χ1) is 21.3. The van der Waals surface area contributed by atoms with E-state index in [9.17, 15) is 13.2 Å². The van der Waals surface area contributed by atoms with E-state index in [0.717, 1.165) is 61.7 Å². The number of anilines is 1. The highest BCUT2D eigenvalue weighted by Crippen LogP contribution is 2.47. The zero-order valence-electron chi connectivity index (χ0n) is 25.2. The molecule has 2 heterocycles. The Morgan fingerprint density at radius 3 is 2.84 bits per heavy atom. The highest BCUT2D eigenvalue weighted by Gasteiger charge is 2.48. The number of nitrogens with one attached hydrogen (secondary N) is 1. The van der Waals surface area contributed by atoms with Crippen LogP contribution in [0.1, 0.15) is 60.0 Å². The van der Waals surface area contributed by atoms with Gasteiger partial charge in [0.15, 0.2) is 0 Å². The van der Waals surface area contributed by atoms with Gasteiger partial charge in [0, 0.05) is 36.2 Å². The third-order valence-corrected chi connectivity index (χ3v) is 12.6.